The quantitative estimate of drug-likeness (QED) is 0.536. The van der Waals surface area contributed by atoms with Crippen molar-refractivity contribution in [1.29, 1.82) is 0 Å². The summed E-state index contributed by atoms with van der Waals surface area (Å²) in [6.07, 6.45) is 0.0129. The summed E-state index contributed by atoms with van der Waals surface area (Å²) in [7, 11) is -3.88. The largest absolute Gasteiger partial charge is 0.326 e. The molecule has 0 bridgehead atoms. The van der Waals surface area contributed by atoms with Crippen LogP contribution < -0.4 is 15.4 Å². The molecule has 0 radical (unpaired) electrons. The predicted octanol–water partition coefficient (Wildman–Crippen LogP) is 4.21. The van der Waals surface area contributed by atoms with Gasteiger partial charge in [-0.1, -0.05) is 35.9 Å². The van der Waals surface area contributed by atoms with Crippen molar-refractivity contribution < 1.29 is 18.0 Å². The van der Waals surface area contributed by atoms with Crippen LogP contribution in [0.5, 0.6) is 0 Å². The van der Waals surface area contributed by atoms with Crippen LogP contribution in [0.4, 0.5) is 17.1 Å². The molecule has 3 aromatic carbocycles. The third kappa shape index (κ3) is 4.70. The van der Waals surface area contributed by atoms with Crippen molar-refractivity contribution in [1.82, 2.24) is 0 Å². The lowest BCUT2D eigenvalue weighted by Gasteiger charge is -2.24. The van der Waals surface area contributed by atoms with Gasteiger partial charge in [0.2, 0.25) is 11.8 Å². The molecule has 3 aromatic rings. The molecule has 31 heavy (non-hydrogen) atoms. The van der Waals surface area contributed by atoms with Crippen LogP contribution in [0.25, 0.3) is 0 Å². The topological polar surface area (TPSA) is 104 Å². The van der Waals surface area contributed by atoms with Crippen LogP contribution in [0, 0.1) is 0 Å². The van der Waals surface area contributed by atoms with E-state index in [1.165, 1.54) is 18.2 Å². The van der Waals surface area contributed by atoms with Gasteiger partial charge in [-0.15, -0.1) is 0 Å². The second-order valence-electron chi connectivity index (χ2n) is 7.02. The van der Waals surface area contributed by atoms with Gasteiger partial charge in [-0.25, -0.2) is 8.42 Å². The van der Waals surface area contributed by atoms with Crippen molar-refractivity contribution in [2.24, 2.45) is 0 Å². The summed E-state index contributed by atoms with van der Waals surface area (Å²) in [6, 6.07) is 19.3. The SMILES string of the molecule is O=C1CC(C(=O)Nc2cccc(S(=O)(=O)Nc3ccc(Cl)cc3)c2)c2ccccc2N1. The summed E-state index contributed by atoms with van der Waals surface area (Å²) in [6.45, 7) is 0. The van der Waals surface area contributed by atoms with Gasteiger partial charge in [0.05, 0.1) is 10.8 Å². The number of nitrogens with one attached hydrogen (secondary N) is 3. The number of amides is 2. The Labute approximate surface area is 184 Å². The van der Waals surface area contributed by atoms with Crippen LogP contribution in [0.15, 0.2) is 77.7 Å². The van der Waals surface area contributed by atoms with E-state index in [4.69, 9.17) is 11.6 Å². The molecule has 0 saturated heterocycles. The first-order valence-corrected chi connectivity index (χ1v) is 11.3. The van der Waals surface area contributed by atoms with Gasteiger partial charge in [-0.05, 0) is 54.1 Å². The number of halogens is 1. The molecule has 1 heterocycles. The maximum atomic E-state index is 12.9. The zero-order valence-electron chi connectivity index (χ0n) is 16.1. The minimum absolute atomic E-state index is 0.0120. The van der Waals surface area contributed by atoms with E-state index in [2.05, 4.69) is 15.4 Å². The number of carbonyl (C=O) groups is 2. The van der Waals surface area contributed by atoms with E-state index in [1.807, 2.05) is 0 Å². The van der Waals surface area contributed by atoms with Crippen LogP contribution in [0.3, 0.4) is 0 Å². The molecule has 2 amide bonds. The zero-order chi connectivity index (χ0) is 22.0. The standard InChI is InChI=1S/C22H18ClN3O4S/c23-14-8-10-15(11-9-14)26-31(29,30)17-5-3-4-16(12-17)24-22(28)19-13-21(27)25-20-7-2-1-6-18(19)20/h1-12,19,26H,13H2,(H,24,28)(H,25,27). The molecule has 0 aliphatic carbocycles. The highest BCUT2D eigenvalue weighted by Gasteiger charge is 2.30. The average molecular weight is 456 g/mol. The third-order valence-electron chi connectivity index (χ3n) is 4.82. The Morgan fingerprint density at radius 1 is 0.968 bits per heavy atom. The van der Waals surface area contributed by atoms with E-state index in [0.717, 1.165) is 0 Å². The van der Waals surface area contributed by atoms with Crippen molar-refractivity contribution in [3.05, 3.63) is 83.4 Å². The maximum absolute atomic E-state index is 12.9. The van der Waals surface area contributed by atoms with E-state index < -0.39 is 15.9 Å². The molecule has 7 nitrogen and oxygen atoms in total. The Hall–Kier alpha value is -3.36. The van der Waals surface area contributed by atoms with E-state index >= 15 is 0 Å². The van der Waals surface area contributed by atoms with Gasteiger partial charge in [-0.3, -0.25) is 14.3 Å². The normalized spacial score (nSPS) is 15.5. The smallest absolute Gasteiger partial charge is 0.261 e. The highest BCUT2D eigenvalue weighted by molar-refractivity contribution is 7.92. The lowest BCUT2D eigenvalue weighted by molar-refractivity contribution is -0.123. The predicted molar refractivity (Wildman–Crippen MR) is 120 cm³/mol. The molecular weight excluding hydrogens is 438 g/mol. The summed E-state index contributed by atoms with van der Waals surface area (Å²) < 4.78 is 27.9. The minimum Gasteiger partial charge on any atom is -0.326 e. The molecule has 3 N–H and O–H groups in total. The number of carbonyl (C=O) groups excluding carboxylic acids is 2. The summed E-state index contributed by atoms with van der Waals surface area (Å²) in [5, 5.41) is 5.97. The molecule has 0 aromatic heterocycles. The number of fused-ring (bicyclic) bond motifs is 1. The lowest BCUT2D eigenvalue weighted by Crippen LogP contribution is -2.30. The molecule has 1 atom stereocenters. The van der Waals surface area contributed by atoms with E-state index in [-0.39, 0.29) is 23.1 Å². The molecular formula is C22H18ClN3O4S. The first kappa shape index (κ1) is 20.9. The van der Waals surface area contributed by atoms with Crippen molar-refractivity contribution in [2.75, 3.05) is 15.4 Å². The Kier molecular flexibility index (Phi) is 5.67. The second kappa shape index (κ2) is 8.41. The molecule has 1 unspecified atom stereocenters. The number of rotatable bonds is 5. The molecule has 0 spiro atoms. The minimum atomic E-state index is -3.88. The van der Waals surface area contributed by atoms with Crippen LogP contribution in [0.1, 0.15) is 17.9 Å². The monoisotopic (exact) mass is 455 g/mol. The van der Waals surface area contributed by atoms with Crippen molar-refractivity contribution in [2.45, 2.75) is 17.2 Å². The molecule has 0 saturated carbocycles. The van der Waals surface area contributed by atoms with Gasteiger partial charge in [0.1, 0.15) is 0 Å². The van der Waals surface area contributed by atoms with Crippen molar-refractivity contribution >= 4 is 50.5 Å². The first-order chi connectivity index (χ1) is 14.8. The second-order valence-corrected chi connectivity index (χ2v) is 9.14. The number of benzene rings is 3. The molecule has 1 aliphatic heterocycles. The molecule has 158 valence electrons. The number of para-hydroxylation sites is 1. The Morgan fingerprint density at radius 2 is 1.71 bits per heavy atom. The van der Waals surface area contributed by atoms with Gasteiger partial charge >= 0.3 is 0 Å². The number of anilines is 3. The molecule has 9 heteroatoms. The van der Waals surface area contributed by atoms with E-state index in [9.17, 15) is 18.0 Å². The third-order valence-corrected chi connectivity index (χ3v) is 6.46. The molecule has 0 fully saturated rings. The van der Waals surface area contributed by atoms with E-state index in [1.54, 1.807) is 54.6 Å². The summed E-state index contributed by atoms with van der Waals surface area (Å²) in [5.74, 6) is -1.30. The Morgan fingerprint density at radius 3 is 2.48 bits per heavy atom. The van der Waals surface area contributed by atoms with Crippen LogP contribution in [0.2, 0.25) is 5.02 Å². The maximum Gasteiger partial charge on any atom is 0.261 e. The van der Waals surface area contributed by atoms with Crippen LogP contribution in [-0.2, 0) is 19.6 Å². The summed E-state index contributed by atoms with van der Waals surface area (Å²) in [4.78, 5) is 24.9. The Balaban J connectivity index is 1.54. The fourth-order valence-electron chi connectivity index (χ4n) is 3.35. The van der Waals surface area contributed by atoms with Crippen molar-refractivity contribution in [3.63, 3.8) is 0 Å². The highest BCUT2D eigenvalue weighted by Crippen LogP contribution is 2.33. The number of sulfonamides is 1. The summed E-state index contributed by atoms with van der Waals surface area (Å²) >= 11 is 5.83. The zero-order valence-corrected chi connectivity index (χ0v) is 17.7. The van der Waals surface area contributed by atoms with Gasteiger partial charge in [0.25, 0.3) is 10.0 Å². The van der Waals surface area contributed by atoms with Gasteiger partial charge in [0.15, 0.2) is 0 Å². The Bertz CT molecular complexity index is 1260. The highest BCUT2D eigenvalue weighted by atomic mass is 35.5. The fraction of sp³-hybridized carbons (Fsp3) is 0.0909. The number of hydrogen-bond acceptors (Lipinski definition) is 4. The van der Waals surface area contributed by atoms with Crippen molar-refractivity contribution in [3.8, 4) is 0 Å². The van der Waals surface area contributed by atoms with Gasteiger partial charge < -0.3 is 10.6 Å². The lowest BCUT2D eigenvalue weighted by atomic mass is 9.90. The van der Waals surface area contributed by atoms with Gasteiger partial charge in [0, 0.05) is 28.5 Å². The summed E-state index contributed by atoms with van der Waals surface area (Å²) in [5.41, 5.74) is 1.99. The molecule has 4 rings (SSSR count). The average Bonchev–Trinajstić information content (AvgIpc) is 2.75. The fourth-order valence-corrected chi connectivity index (χ4v) is 4.58. The molecule has 1 aliphatic rings. The number of hydrogen-bond donors (Lipinski definition) is 3. The van der Waals surface area contributed by atoms with E-state index in [0.29, 0.717) is 27.6 Å². The van der Waals surface area contributed by atoms with Crippen LogP contribution >= 0.6 is 11.6 Å². The van der Waals surface area contributed by atoms with Crippen LogP contribution in [-0.4, -0.2) is 20.2 Å². The first-order valence-electron chi connectivity index (χ1n) is 9.40. The van der Waals surface area contributed by atoms with Gasteiger partial charge in [-0.2, -0.15) is 0 Å².